The molecule has 84 valence electrons. The van der Waals surface area contributed by atoms with Crippen molar-refractivity contribution in [1.29, 1.82) is 0 Å². The van der Waals surface area contributed by atoms with Crippen molar-refractivity contribution in [1.82, 2.24) is 4.90 Å². The van der Waals surface area contributed by atoms with Crippen LogP contribution in [0.3, 0.4) is 0 Å². The Morgan fingerprint density at radius 1 is 1.27 bits per heavy atom. The standard InChI is InChI=1S/C9H11F2NO3/c10-7(11)3-6-15-9(14)8(13)12-4-1-2-5-12/h3H,1-2,4-6H2. The molecule has 1 saturated heterocycles. The van der Waals surface area contributed by atoms with Crippen LogP contribution in [-0.2, 0) is 14.3 Å². The number of likely N-dealkylation sites (tertiary alicyclic amines) is 1. The van der Waals surface area contributed by atoms with Gasteiger partial charge in [0.15, 0.2) is 0 Å². The van der Waals surface area contributed by atoms with Gasteiger partial charge < -0.3 is 9.64 Å². The molecule has 1 heterocycles. The van der Waals surface area contributed by atoms with Gasteiger partial charge in [0.1, 0.15) is 6.61 Å². The van der Waals surface area contributed by atoms with Crippen LogP contribution in [0.4, 0.5) is 8.78 Å². The van der Waals surface area contributed by atoms with Gasteiger partial charge in [0, 0.05) is 19.2 Å². The van der Waals surface area contributed by atoms with E-state index in [-0.39, 0.29) is 0 Å². The molecule has 0 spiro atoms. The highest BCUT2D eigenvalue weighted by Gasteiger charge is 2.25. The Balaban J connectivity index is 2.33. The summed E-state index contributed by atoms with van der Waals surface area (Å²) in [6.07, 6.45) is 0.224. The molecule has 0 aliphatic carbocycles. The first-order chi connectivity index (χ1) is 7.11. The van der Waals surface area contributed by atoms with E-state index in [9.17, 15) is 18.4 Å². The van der Waals surface area contributed by atoms with Crippen LogP contribution in [0.1, 0.15) is 12.8 Å². The molecule has 0 saturated carbocycles. The maximum Gasteiger partial charge on any atom is 0.397 e. The van der Waals surface area contributed by atoms with Gasteiger partial charge in [-0.05, 0) is 12.8 Å². The molecule has 6 heteroatoms. The Labute approximate surface area is 85.5 Å². The lowest BCUT2D eigenvalue weighted by Gasteiger charge is -2.12. The quantitative estimate of drug-likeness (QED) is 0.512. The number of hydrogen-bond donors (Lipinski definition) is 0. The molecule has 0 unspecified atom stereocenters. The number of halogens is 2. The largest absolute Gasteiger partial charge is 0.454 e. The van der Waals surface area contributed by atoms with Gasteiger partial charge in [0.2, 0.25) is 0 Å². The van der Waals surface area contributed by atoms with Gasteiger partial charge in [-0.25, -0.2) is 4.79 Å². The van der Waals surface area contributed by atoms with Crippen molar-refractivity contribution in [3.63, 3.8) is 0 Å². The molecule has 1 fully saturated rings. The molecule has 0 N–H and O–H groups in total. The zero-order valence-electron chi connectivity index (χ0n) is 8.04. The van der Waals surface area contributed by atoms with Gasteiger partial charge in [-0.2, -0.15) is 8.78 Å². The monoisotopic (exact) mass is 219 g/mol. The van der Waals surface area contributed by atoms with Crippen molar-refractivity contribution in [2.75, 3.05) is 19.7 Å². The fourth-order valence-corrected chi connectivity index (χ4v) is 1.29. The average molecular weight is 219 g/mol. The second-order valence-corrected chi connectivity index (χ2v) is 3.09. The average Bonchev–Trinajstić information content (AvgIpc) is 2.68. The zero-order chi connectivity index (χ0) is 11.3. The highest BCUT2D eigenvalue weighted by atomic mass is 19.3. The Bertz CT molecular complexity index is 281. The smallest absolute Gasteiger partial charge is 0.397 e. The van der Waals surface area contributed by atoms with E-state index in [1.807, 2.05) is 0 Å². The molecule has 0 aromatic heterocycles. The fourth-order valence-electron chi connectivity index (χ4n) is 1.29. The van der Waals surface area contributed by atoms with E-state index in [1.165, 1.54) is 4.90 Å². The minimum Gasteiger partial charge on any atom is -0.454 e. The van der Waals surface area contributed by atoms with Crippen LogP contribution in [0.2, 0.25) is 0 Å². The van der Waals surface area contributed by atoms with Crippen LogP contribution in [0.15, 0.2) is 12.2 Å². The van der Waals surface area contributed by atoms with Crippen molar-refractivity contribution in [2.45, 2.75) is 12.8 Å². The number of carbonyl (C=O) groups is 2. The number of carbonyl (C=O) groups excluding carboxylic acids is 2. The van der Waals surface area contributed by atoms with Gasteiger partial charge in [0.25, 0.3) is 6.08 Å². The van der Waals surface area contributed by atoms with Crippen LogP contribution in [0, 0.1) is 0 Å². The third-order valence-electron chi connectivity index (χ3n) is 2.02. The van der Waals surface area contributed by atoms with Crippen molar-refractivity contribution in [2.24, 2.45) is 0 Å². The summed E-state index contributed by atoms with van der Waals surface area (Å²) >= 11 is 0. The minimum absolute atomic E-state index is 0.440. The molecular formula is C9H11F2NO3. The first-order valence-electron chi connectivity index (χ1n) is 4.58. The Morgan fingerprint density at radius 3 is 2.40 bits per heavy atom. The molecular weight excluding hydrogens is 208 g/mol. The Hall–Kier alpha value is -1.46. The maximum atomic E-state index is 11.6. The number of nitrogens with zero attached hydrogens (tertiary/aromatic N) is 1. The summed E-state index contributed by atoms with van der Waals surface area (Å²) in [5, 5.41) is 0. The molecule has 0 bridgehead atoms. The third-order valence-corrected chi connectivity index (χ3v) is 2.02. The molecule has 0 aromatic carbocycles. The topological polar surface area (TPSA) is 46.6 Å². The summed E-state index contributed by atoms with van der Waals surface area (Å²) < 4.78 is 27.5. The predicted molar refractivity (Wildman–Crippen MR) is 47.1 cm³/mol. The molecule has 15 heavy (non-hydrogen) atoms. The van der Waals surface area contributed by atoms with E-state index in [0.717, 1.165) is 12.8 Å². The number of hydrogen-bond acceptors (Lipinski definition) is 3. The van der Waals surface area contributed by atoms with Gasteiger partial charge in [-0.1, -0.05) is 0 Å². The first-order valence-corrected chi connectivity index (χ1v) is 4.58. The zero-order valence-corrected chi connectivity index (χ0v) is 8.04. The lowest BCUT2D eigenvalue weighted by Crippen LogP contribution is -2.35. The van der Waals surface area contributed by atoms with E-state index >= 15 is 0 Å². The summed E-state index contributed by atoms with van der Waals surface area (Å²) in [5.41, 5.74) is 0. The molecule has 1 aliphatic heterocycles. The van der Waals surface area contributed by atoms with E-state index in [2.05, 4.69) is 4.74 Å². The molecule has 1 aliphatic rings. The van der Waals surface area contributed by atoms with Crippen LogP contribution in [-0.4, -0.2) is 36.5 Å². The number of amides is 1. The summed E-state index contributed by atoms with van der Waals surface area (Å²) in [4.78, 5) is 23.6. The minimum atomic E-state index is -1.93. The van der Waals surface area contributed by atoms with E-state index in [0.29, 0.717) is 19.2 Å². The summed E-state index contributed by atoms with van der Waals surface area (Å²) in [7, 11) is 0. The Kier molecular flexibility index (Phi) is 4.20. The van der Waals surface area contributed by atoms with Gasteiger partial charge in [0.05, 0.1) is 0 Å². The van der Waals surface area contributed by atoms with Crippen molar-refractivity contribution < 1.29 is 23.1 Å². The lowest BCUT2D eigenvalue weighted by atomic mass is 10.4. The fraction of sp³-hybridized carbons (Fsp3) is 0.556. The van der Waals surface area contributed by atoms with Crippen LogP contribution >= 0.6 is 0 Å². The molecule has 0 atom stereocenters. The number of rotatable bonds is 2. The Morgan fingerprint density at radius 2 is 1.87 bits per heavy atom. The molecule has 0 aromatic rings. The van der Waals surface area contributed by atoms with E-state index in [4.69, 9.17) is 0 Å². The van der Waals surface area contributed by atoms with Crippen molar-refractivity contribution >= 4 is 11.9 Å². The molecule has 4 nitrogen and oxygen atoms in total. The normalized spacial score (nSPS) is 14.9. The highest BCUT2D eigenvalue weighted by molar-refractivity contribution is 6.32. The maximum absolute atomic E-state index is 11.6. The van der Waals surface area contributed by atoms with Crippen molar-refractivity contribution in [3.05, 3.63) is 12.2 Å². The molecule has 1 amide bonds. The third kappa shape index (κ3) is 3.65. The SMILES string of the molecule is O=C(OCC=C(F)F)C(=O)N1CCCC1. The van der Waals surface area contributed by atoms with Crippen LogP contribution < -0.4 is 0 Å². The van der Waals surface area contributed by atoms with E-state index in [1.54, 1.807) is 0 Å². The highest BCUT2D eigenvalue weighted by Crippen LogP contribution is 2.08. The van der Waals surface area contributed by atoms with Crippen LogP contribution in [0.25, 0.3) is 0 Å². The summed E-state index contributed by atoms with van der Waals surface area (Å²) in [5.74, 6) is -1.82. The van der Waals surface area contributed by atoms with Gasteiger partial charge in [-0.3, -0.25) is 4.79 Å². The van der Waals surface area contributed by atoms with E-state index < -0.39 is 24.6 Å². The first kappa shape index (κ1) is 11.6. The van der Waals surface area contributed by atoms with Gasteiger partial charge >= 0.3 is 11.9 Å². The lowest BCUT2D eigenvalue weighted by molar-refractivity contribution is -0.158. The van der Waals surface area contributed by atoms with Crippen LogP contribution in [0.5, 0.6) is 0 Å². The second kappa shape index (κ2) is 5.43. The molecule has 0 radical (unpaired) electrons. The predicted octanol–water partition coefficient (Wildman–Crippen LogP) is 0.932. The number of esters is 1. The number of ether oxygens (including phenoxy) is 1. The molecule has 1 rings (SSSR count). The second-order valence-electron chi connectivity index (χ2n) is 3.09. The summed E-state index contributed by atoms with van der Waals surface area (Å²) in [6.45, 7) is 0.489. The van der Waals surface area contributed by atoms with Gasteiger partial charge in [-0.15, -0.1) is 0 Å². The van der Waals surface area contributed by atoms with Crippen molar-refractivity contribution in [3.8, 4) is 0 Å². The summed E-state index contributed by atoms with van der Waals surface area (Å²) in [6, 6.07) is 0.